The molecule has 3 rings (SSSR count). The van der Waals surface area contributed by atoms with Crippen LogP contribution in [0.5, 0.6) is 0 Å². The minimum atomic E-state index is -3.81. The summed E-state index contributed by atoms with van der Waals surface area (Å²) in [5.74, 6) is 0.637. The van der Waals surface area contributed by atoms with E-state index in [1.807, 2.05) is 38.1 Å². The van der Waals surface area contributed by atoms with Gasteiger partial charge >= 0.3 is 0 Å². The average Bonchev–Trinajstić information content (AvgIpc) is 3.10. The second-order valence-electron chi connectivity index (χ2n) is 6.70. The van der Waals surface area contributed by atoms with Crippen LogP contribution < -0.4 is 0 Å². The van der Waals surface area contributed by atoms with E-state index in [0.717, 1.165) is 26.6 Å². The highest BCUT2D eigenvalue weighted by Gasteiger charge is 2.24. The van der Waals surface area contributed by atoms with Crippen LogP contribution in [0.3, 0.4) is 0 Å². The molecule has 0 aliphatic heterocycles. The Bertz CT molecular complexity index is 1050. The van der Waals surface area contributed by atoms with Gasteiger partial charge in [-0.25, -0.2) is 8.42 Å². The van der Waals surface area contributed by atoms with Crippen LogP contribution in [0.1, 0.15) is 11.3 Å². The zero-order chi connectivity index (χ0) is 21.0. The fourth-order valence-electron chi connectivity index (χ4n) is 3.14. The standard InChI is InChI=1S/C21H24N2O5S/c1-15-3-5-18(6-4-15)21-20(16(2)28-22-21)17-7-9-19(10-8-17)29(26,27)23(11-13-24)12-14-25/h3-10,24-25H,11-14H2,1-2H3. The molecule has 154 valence electrons. The van der Waals surface area contributed by atoms with Crippen molar-refractivity contribution in [2.75, 3.05) is 26.3 Å². The fraction of sp³-hybridized carbons (Fsp3) is 0.286. The van der Waals surface area contributed by atoms with Gasteiger partial charge in [0.15, 0.2) is 0 Å². The van der Waals surface area contributed by atoms with Crippen LogP contribution in [0.2, 0.25) is 0 Å². The summed E-state index contributed by atoms with van der Waals surface area (Å²) in [7, 11) is -3.81. The summed E-state index contributed by atoms with van der Waals surface area (Å²) in [5.41, 5.74) is 4.34. The van der Waals surface area contributed by atoms with Crippen LogP contribution in [0.25, 0.3) is 22.4 Å². The molecule has 3 aromatic rings. The molecule has 0 amide bonds. The smallest absolute Gasteiger partial charge is 0.243 e. The van der Waals surface area contributed by atoms with Crippen molar-refractivity contribution in [3.63, 3.8) is 0 Å². The Morgan fingerprint density at radius 2 is 1.45 bits per heavy atom. The van der Waals surface area contributed by atoms with Gasteiger partial charge in [0.2, 0.25) is 10.0 Å². The first-order valence-electron chi connectivity index (χ1n) is 9.24. The Kier molecular flexibility index (Phi) is 6.49. The molecule has 8 heteroatoms. The van der Waals surface area contributed by atoms with E-state index in [2.05, 4.69) is 5.16 Å². The van der Waals surface area contributed by atoms with Crippen molar-refractivity contribution in [1.82, 2.24) is 9.46 Å². The highest BCUT2D eigenvalue weighted by Crippen LogP contribution is 2.35. The van der Waals surface area contributed by atoms with E-state index in [-0.39, 0.29) is 31.2 Å². The first-order chi connectivity index (χ1) is 13.9. The number of sulfonamides is 1. The zero-order valence-corrected chi connectivity index (χ0v) is 17.2. The van der Waals surface area contributed by atoms with Crippen LogP contribution >= 0.6 is 0 Å². The fourth-order valence-corrected chi connectivity index (χ4v) is 4.56. The van der Waals surface area contributed by atoms with Crippen molar-refractivity contribution in [1.29, 1.82) is 0 Å². The minimum Gasteiger partial charge on any atom is -0.395 e. The maximum Gasteiger partial charge on any atom is 0.243 e. The Balaban J connectivity index is 1.97. The first-order valence-corrected chi connectivity index (χ1v) is 10.7. The van der Waals surface area contributed by atoms with Crippen LogP contribution in [0.4, 0.5) is 0 Å². The number of rotatable bonds is 8. The molecule has 0 aliphatic rings. The van der Waals surface area contributed by atoms with Gasteiger partial charge in [-0.3, -0.25) is 0 Å². The SMILES string of the molecule is Cc1ccc(-c2noc(C)c2-c2ccc(S(=O)(=O)N(CCO)CCO)cc2)cc1. The van der Waals surface area contributed by atoms with E-state index in [1.54, 1.807) is 12.1 Å². The number of hydrogen-bond donors (Lipinski definition) is 2. The molecule has 1 heterocycles. The van der Waals surface area contributed by atoms with E-state index in [4.69, 9.17) is 14.7 Å². The number of aliphatic hydroxyl groups excluding tert-OH is 2. The van der Waals surface area contributed by atoms with Gasteiger partial charge in [-0.15, -0.1) is 0 Å². The topological polar surface area (TPSA) is 104 Å². The second kappa shape index (κ2) is 8.87. The maximum atomic E-state index is 12.8. The van der Waals surface area contributed by atoms with E-state index in [0.29, 0.717) is 11.5 Å². The molecule has 1 aromatic heterocycles. The van der Waals surface area contributed by atoms with Crippen LogP contribution in [-0.2, 0) is 10.0 Å². The van der Waals surface area contributed by atoms with Crippen molar-refractivity contribution in [3.05, 3.63) is 59.9 Å². The molecule has 2 N–H and O–H groups in total. The number of benzene rings is 2. The van der Waals surface area contributed by atoms with Gasteiger partial charge < -0.3 is 14.7 Å². The van der Waals surface area contributed by atoms with Gasteiger partial charge in [-0.1, -0.05) is 47.1 Å². The predicted octanol–water partition coefficient (Wildman–Crippen LogP) is 2.60. The number of hydrogen-bond acceptors (Lipinski definition) is 6. The second-order valence-corrected chi connectivity index (χ2v) is 8.64. The molecule has 0 saturated carbocycles. The van der Waals surface area contributed by atoms with E-state index in [1.165, 1.54) is 12.1 Å². The number of aryl methyl sites for hydroxylation is 2. The van der Waals surface area contributed by atoms with Crippen molar-refractivity contribution < 1.29 is 23.2 Å². The molecule has 2 aromatic carbocycles. The third-order valence-corrected chi connectivity index (χ3v) is 6.58. The molecule has 0 aliphatic carbocycles. The lowest BCUT2D eigenvalue weighted by atomic mass is 9.99. The van der Waals surface area contributed by atoms with Crippen LogP contribution in [0.15, 0.2) is 57.9 Å². The van der Waals surface area contributed by atoms with Crippen molar-refractivity contribution in [2.24, 2.45) is 0 Å². The van der Waals surface area contributed by atoms with Crippen LogP contribution in [-0.4, -0.2) is 54.4 Å². The minimum absolute atomic E-state index is 0.0764. The van der Waals surface area contributed by atoms with E-state index < -0.39 is 10.0 Å². The summed E-state index contributed by atoms with van der Waals surface area (Å²) in [6.07, 6.45) is 0. The van der Waals surface area contributed by atoms with Gasteiger partial charge in [0.25, 0.3) is 0 Å². The zero-order valence-electron chi connectivity index (χ0n) is 16.4. The molecule has 29 heavy (non-hydrogen) atoms. The summed E-state index contributed by atoms with van der Waals surface area (Å²) in [6, 6.07) is 14.4. The summed E-state index contributed by atoms with van der Waals surface area (Å²) >= 11 is 0. The van der Waals surface area contributed by atoms with Gasteiger partial charge in [-0.2, -0.15) is 4.31 Å². The Morgan fingerprint density at radius 1 is 0.897 bits per heavy atom. The van der Waals surface area contributed by atoms with E-state index >= 15 is 0 Å². The summed E-state index contributed by atoms with van der Waals surface area (Å²) < 4.78 is 32.0. The third kappa shape index (κ3) is 4.40. The molecular formula is C21H24N2O5S. The molecule has 0 radical (unpaired) electrons. The highest BCUT2D eigenvalue weighted by molar-refractivity contribution is 7.89. The summed E-state index contributed by atoms with van der Waals surface area (Å²) in [5, 5.41) is 22.4. The molecule has 0 spiro atoms. The lowest BCUT2D eigenvalue weighted by Crippen LogP contribution is -2.35. The average molecular weight is 416 g/mol. The first kappa shape index (κ1) is 21.2. The molecule has 7 nitrogen and oxygen atoms in total. The largest absolute Gasteiger partial charge is 0.395 e. The predicted molar refractivity (Wildman–Crippen MR) is 110 cm³/mol. The van der Waals surface area contributed by atoms with Crippen molar-refractivity contribution in [2.45, 2.75) is 18.7 Å². The molecule has 0 fully saturated rings. The molecule has 0 saturated heterocycles. The maximum absolute atomic E-state index is 12.8. The van der Waals surface area contributed by atoms with Crippen molar-refractivity contribution >= 4 is 10.0 Å². The summed E-state index contributed by atoms with van der Waals surface area (Å²) in [6.45, 7) is 3.03. The van der Waals surface area contributed by atoms with Gasteiger partial charge in [0.1, 0.15) is 11.5 Å². The number of nitrogens with zero attached hydrogens (tertiary/aromatic N) is 2. The highest BCUT2D eigenvalue weighted by atomic mass is 32.2. The van der Waals surface area contributed by atoms with Crippen molar-refractivity contribution in [3.8, 4) is 22.4 Å². The monoisotopic (exact) mass is 416 g/mol. The molecule has 0 unspecified atom stereocenters. The summed E-state index contributed by atoms with van der Waals surface area (Å²) in [4.78, 5) is 0.0918. The number of aromatic nitrogens is 1. The molecular weight excluding hydrogens is 392 g/mol. The van der Waals surface area contributed by atoms with Gasteiger partial charge in [0, 0.05) is 18.7 Å². The van der Waals surface area contributed by atoms with E-state index in [9.17, 15) is 8.42 Å². The van der Waals surface area contributed by atoms with Gasteiger partial charge in [0.05, 0.1) is 23.7 Å². The Labute approximate surface area is 170 Å². The van der Waals surface area contributed by atoms with Crippen LogP contribution in [0, 0.1) is 13.8 Å². The quantitative estimate of drug-likeness (QED) is 0.585. The lowest BCUT2D eigenvalue weighted by molar-refractivity contribution is 0.217. The lowest BCUT2D eigenvalue weighted by Gasteiger charge is -2.20. The van der Waals surface area contributed by atoms with Gasteiger partial charge in [-0.05, 0) is 31.5 Å². The Morgan fingerprint density at radius 3 is 2.00 bits per heavy atom. The molecule has 0 atom stereocenters. The molecule has 0 bridgehead atoms. The Hall–Kier alpha value is -2.52. The normalized spacial score (nSPS) is 11.9. The number of aliphatic hydroxyl groups is 2. The third-order valence-electron chi connectivity index (χ3n) is 4.67.